The number of halogens is 1. The molecule has 0 saturated carbocycles. The van der Waals surface area contributed by atoms with Crippen LogP contribution in [0.1, 0.15) is 29.8 Å². The molecule has 0 aliphatic carbocycles. The number of carbonyl (C=O) groups excluding carboxylic acids is 1. The van der Waals surface area contributed by atoms with Crippen LogP contribution < -0.4 is 14.8 Å². The summed E-state index contributed by atoms with van der Waals surface area (Å²) in [7, 11) is -3.87. The molecule has 0 unspecified atom stereocenters. The van der Waals surface area contributed by atoms with Crippen LogP contribution in [-0.2, 0) is 16.6 Å². The van der Waals surface area contributed by atoms with Crippen LogP contribution in [0.5, 0.6) is 5.75 Å². The number of nitrogens with one attached hydrogen (secondary N) is 2. The van der Waals surface area contributed by atoms with Crippen molar-refractivity contribution in [1.29, 1.82) is 0 Å². The Bertz CT molecular complexity index is 1210. The van der Waals surface area contributed by atoms with Gasteiger partial charge in [0.1, 0.15) is 18.2 Å². The lowest BCUT2D eigenvalue weighted by Crippen LogP contribution is -2.28. The van der Waals surface area contributed by atoms with E-state index in [9.17, 15) is 17.6 Å². The van der Waals surface area contributed by atoms with E-state index in [4.69, 9.17) is 4.74 Å². The summed E-state index contributed by atoms with van der Waals surface area (Å²) in [5, 5.41) is 2.87. The van der Waals surface area contributed by atoms with Crippen molar-refractivity contribution in [3.05, 3.63) is 89.7 Å². The van der Waals surface area contributed by atoms with E-state index in [0.29, 0.717) is 18.7 Å². The van der Waals surface area contributed by atoms with Gasteiger partial charge >= 0.3 is 0 Å². The minimum absolute atomic E-state index is 0.0568. The predicted octanol–water partition coefficient (Wildman–Crippen LogP) is 4.28. The molecule has 0 fully saturated rings. The molecule has 1 amide bonds. The summed E-state index contributed by atoms with van der Waals surface area (Å²) in [4.78, 5) is 14.8. The van der Waals surface area contributed by atoms with Crippen molar-refractivity contribution in [2.45, 2.75) is 25.3 Å². The first kappa shape index (κ1) is 26.2. The SMILES string of the molecule is CCN(CC)CCOc1ccccc1CNC(=O)c1ccc(NS(=O)(=O)c2ccc(F)cc2)cc1. The van der Waals surface area contributed by atoms with Gasteiger partial charge in [0, 0.05) is 29.9 Å². The Hall–Kier alpha value is -3.43. The highest BCUT2D eigenvalue weighted by molar-refractivity contribution is 7.92. The number of carbonyl (C=O) groups is 1. The van der Waals surface area contributed by atoms with E-state index >= 15 is 0 Å². The van der Waals surface area contributed by atoms with Gasteiger partial charge in [-0.05, 0) is 67.7 Å². The molecule has 9 heteroatoms. The average molecular weight is 500 g/mol. The quantitative estimate of drug-likeness (QED) is 0.389. The molecule has 2 N–H and O–H groups in total. The van der Waals surface area contributed by atoms with Crippen molar-refractivity contribution in [1.82, 2.24) is 10.2 Å². The number of ether oxygens (including phenoxy) is 1. The molecule has 0 atom stereocenters. The molecule has 0 bridgehead atoms. The normalized spacial score (nSPS) is 11.3. The Kier molecular flexibility index (Phi) is 9.22. The fraction of sp³-hybridized carbons (Fsp3) is 0.269. The highest BCUT2D eigenvalue weighted by Crippen LogP contribution is 2.19. The van der Waals surface area contributed by atoms with Crippen LogP contribution in [0.3, 0.4) is 0 Å². The third kappa shape index (κ3) is 7.53. The number of hydrogen-bond acceptors (Lipinski definition) is 5. The molecule has 0 heterocycles. The molecule has 3 rings (SSSR count). The highest BCUT2D eigenvalue weighted by Gasteiger charge is 2.15. The Balaban J connectivity index is 1.57. The lowest BCUT2D eigenvalue weighted by molar-refractivity contribution is 0.0950. The van der Waals surface area contributed by atoms with E-state index in [-0.39, 0.29) is 16.5 Å². The van der Waals surface area contributed by atoms with Crippen LogP contribution in [0.4, 0.5) is 10.1 Å². The van der Waals surface area contributed by atoms with Crippen LogP contribution in [0.2, 0.25) is 0 Å². The molecule has 186 valence electrons. The van der Waals surface area contributed by atoms with Crippen LogP contribution in [0.15, 0.2) is 77.7 Å². The third-order valence-corrected chi connectivity index (χ3v) is 6.89. The molecule has 0 saturated heterocycles. The average Bonchev–Trinajstić information content (AvgIpc) is 2.86. The van der Waals surface area contributed by atoms with Crippen molar-refractivity contribution >= 4 is 21.6 Å². The topological polar surface area (TPSA) is 87.7 Å². The predicted molar refractivity (Wildman–Crippen MR) is 135 cm³/mol. The fourth-order valence-corrected chi connectivity index (χ4v) is 4.47. The molecule has 0 aliphatic rings. The minimum atomic E-state index is -3.87. The van der Waals surface area contributed by atoms with Crippen molar-refractivity contribution in [3.8, 4) is 5.75 Å². The Morgan fingerprint density at radius 3 is 2.26 bits per heavy atom. The van der Waals surface area contributed by atoms with E-state index in [1.165, 1.54) is 36.4 Å². The Labute approximate surface area is 206 Å². The van der Waals surface area contributed by atoms with Gasteiger partial charge in [-0.2, -0.15) is 0 Å². The summed E-state index contributed by atoms with van der Waals surface area (Å²) in [6, 6.07) is 18.2. The number of sulfonamides is 1. The fourth-order valence-electron chi connectivity index (χ4n) is 3.41. The van der Waals surface area contributed by atoms with Crippen LogP contribution in [0.25, 0.3) is 0 Å². The summed E-state index contributed by atoms with van der Waals surface area (Å²) >= 11 is 0. The summed E-state index contributed by atoms with van der Waals surface area (Å²) < 4.78 is 46.3. The first-order chi connectivity index (χ1) is 16.8. The van der Waals surface area contributed by atoms with Crippen LogP contribution >= 0.6 is 0 Å². The van der Waals surface area contributed by atoms with Gasteiger partial charge in [-0.25, -0.2) is 12.8 Å². The lowest BCUT2D eigenvalue weighted by Gasteiger charge is -2.19. The Morgan fingerprint density at radius 2 is 1.60 bits per heavy atom. The molecule has 0 aliphatic heterocycles. The monoisotopic (exact) mass is 499 g/mol. The molecule has 0 spiro atoms. The zero-order valence-electron chi connectivity index (χ0n) is 19.8. The highest BCUT2D eigenvalue weighted by atomic mass is 32.2. The second-order valence-electron chi connectivity index (χ2n) is 7.80. The van der Waals surface area contributed by atoms with E-state index in [2.05, 4.69) is 28.8 Å². The zero-order chi connectivity index (χ0) is 25.3. The molecule has 7 nitrogen and oxygen atoms in total. The maximum Gasteiger partial charge on any atom is 0.261 e. The number of rotatable bonds is 12. The number of likely N-dealkylation sites (N-methyl/N-ethyl adjacent to an activating group) is 1. The summed E-state index contributed by atoms with van der Waals surface area (Å²) in [6.45, 7) is 7.82. The second-order valence-corrected chi connectivity index (χ2v) is 9.48. The van der Waals surface area contributed by atoms with Crippen LogP contribution in [-0.4, -0.2) is 45.5 Å². The van der Waals surface area contributed by atoms with Crippen molar-refractivity contribution in [3.63, 3.8) is 0 Å². The number of amides is 1. The number of nitrogens with zero attached hydrogens (tertiary/aromatic N) is 1. The van der Waals surface area contributed by atoms with E-state index in [1.807, 2.05) is 24.3 Å². The van der Waals surface area contributed by atoms with E-state index < -0.39 is 15.8 Å². The van der Waals surface area contributed by atoms with Gasteiger partial charge in [0.15, 0.2) is 0 Å². The van der Waals surface area contributed by atoms with E-state index in [1.54, 1.807) is 0 Å². The molecule has 3 aromatic rings. The van der Waals surface area contributed by atoms with Gasteiger partial charge < -0.3 is 15.0 Å². The lowest BCUT2D eigenvalue weighted by atomic mass is 10.1. The van der Waals surface area contributed by atoms with Gasteiger partial charge in [0.25, 0.3) is 15.9 Å². The Morgan fingerprint density at radius 1 is 0.943 bits per heavy atom. The zero-order valence-corrected chi connectivity index (χ0v) is 20.6. The summed E-state index contributed by atoms with van der Waals surface area (Å²) in [5.41, 5.74) is 1.54. The maximum absolute atomic E-state index is 13.1. The molecule has 35 heavy (non-hydrogen) atoms. The minimum Gasteiger partial charge on any atom is -0.492 e. The smallest absolute Gasteiger partial charge is 0.261 e. The number of para-hydroxylation sites is 1. The largest absolute Gasteiger partial charge is 0.492 e. The molecule has 0 aromatic heterocycles. The van der Waals surface area contributed by atoms with Gasteiger partial charge in [-0.3, -0.25) is 9.52 Å². The van der Waals surface area contributed by atoms with Crippen molar-refractivity contribution in [2.24, 2.45) is 0 Å². The molecule has 0 radical (unpaired) electrons. The summed E-state index contributed by atoms with van der Waals surface area (Å²) in [5.74, 6) is -0.0884. The molecular weight excluding hydrogens is 469 g/mol. The van der Waals surface area contributed by atoms with Gasteiger partial charge in [-0.15, -0.1) is 0 Å². The van der Waals surface area contributed by atoms with Crippen molar-refractivity contribution in [2.75, 3.05) is 31.0 Å². The number of benzene rings is 3. The summed E-state index contributed by atoms with van der Waals surface area (Å²) in [6.07, 6.45) is 0. The van der Waals surface area contributed by atoms with Gasteiger partial charge in [0.05, 0.1) is 4.90 Å². The second kappa shape index (κ2) is 12.3. The van der Waals surface area contributed by atoms with Crippen LogP contribution in [0, 0.1) is 5.82 Å². The van der Waals surface area contributed by atoms with Gasteiger partial charge in [0.2, 0.25) is 0 Å². The first-order valence-electron chi connectivity index (χ1n) is 11.4. The maximum atomic E-state index is 13.1. The third-order valence-electron chi connectivity index (χ3n) is 5.49. The number of hydrogen-bond donors (Lipinski definition) is 2. The molecule has 3 aromatic carbocycles. The van der Waals surface area contributed by atoms with E-state index in [0.717, 1.165) is 43.1 Å². The first-order valence-corrected chi connectivity index (χ1v) is 12.9. The molecular formula is C26H30FN3O4S. The van der Waals surface area contributed by atoms with Gasteiger partial charge in [-0.1, -0.05) is 32.0 Å². The number of anilines is 1. The standard InChI is InChI=1S/C26H30FN3O4S/c1-3-30(4-2)17-18-34-25-8-6-5-7-21(25)19-28-26(31)20-9-13-23(14-10-20)29-35(32,33)24-15-11-22(27)12-16-24/h5-16,29H,3-4,17-19H2,1-2H3,(H,28,31). The van der Waals surface area contributed by atoms with Crippen molar-refractivity contribution < 1.29 is 22.3 Å².